The van der Waals surface area contributed by atoms with Crippen LogP contribution in [0.2, 0.25) is 0 Å². The number of amides is 2. The molecule has 172 valence electrons. The molecule has 2 aromatic carbocycles. The van der Waals surface area contributed by atoms with Crippen molar-refractivity contribution in [3.63, 3.8) is 0 Å². The third kappa shape index (κ3) is 8.03. The van der Waals surface area contributed by atoms with Crippen molar-refractivity contribution in [3.8, 4) is 11.5 Å². The van der Waals surface area contributed by atoms with Gasteiger partial charge in [0.2, 0.25) is 5.91 Å². The fourth-order valence-corrected chi connectivity index (χ4v) is 2.97. The summed E-state index contributed by atoms with van der Waals surface area (Å²) in [5.74, 6) is 0.872. The summed E-state index contributed by atoms with van der Waals surface area (Å²) in [6.45, 7) is 0. The van der Waals surface area contributed by atoms with Gasteiger partial charge in [-0.25, -0.2) is 5.53 Å². The quantitative estimate of drug-likeness (QED) is 0.127. The number of nitrogen functional groups attached to an aromatic ring is 1. The van der Waals surface area contributed by atoms with Gasteiger partial charge in [-0.1, -0.05) is 18.6 Å². The molecule has 0 saturated carbocycles. The van der Waals surface area contributed by atoms with Crippen LogP contribution in [-0.2, 0) is 9.59 Å². The summed E-state index contributed by atoms with van der Waals surface area (Å²) in [5.41, 5.74) is 10.3. The average molecular weight is 460 g/mol. The Kier molecular flexibility index (Phi) is 10.2. The fourth-order valence-electron chi connectivity index (χ4n) is 2.81. The number of carbonyl (C=O) groups is 2. The van der Waals surface area contributed by atoms with E-state index in [1.54, 1.807) is 44.6 Å². The van der Waals surface area contributed by atoms with Gasteiger partial charge in [0.05, 0.1) is 31.8 Å². The van der Waals surface area contributed by atoms with Crippen molar-refractivity contribution in [2.45, 2.75) is 32.1 Å². The van der Waals surface area contributed by atoms with Crippen LogP contribution >= 0.6 is 12.8 Å². The van der Waals surface area contributed by atoms with Gasteiger partial charge in [-0.05, 0) is 61.6 Å². The van der Waals surface area contributed by atoms with Crippen molar-refractivity contribution in [2.75, 3.05) is 25.3 Å². The Balaban J connectivity index is 1.65. The van der Waals surface area contributed by atoms with Crippen molar-refractivity contribution in [1.82, 2.24) is 9.95 Å². The van der Waals surface area contributed by atoms with Gasteiger partial charge in [-0.15, -0.1) is 0 Å². The van der Waals surface area contributed by atoms with E-state index in [9.17, 15) is 9.59 Å². The maximum Gasteiger partial charge on any atom is 0.252 e. The van der Waals surface area contributed by atoms with E-state index in [0.29, 0.717) is 42.1 Å². The third-order valence-electron chi connectivity index (χ3n) is 4.54. The predicted octanol–water partition coefficient (Wildman–Crippen LogP) is 3.39. The Morgan fingerprint density at radius 3 is 2.50 bits per heavy atom. The topological polar surface area (TPSA) is 118 Å². The zero-order chi connectivity index (χ0) is 23.3. The molecule has 2 amide bonds. The normalized spacial score (nSPS) is 10.6. The van der Waals surface area contributed by atoms with Gasteiger partial charge in [0.1, 0.15) is 0 Å². The molecule has 0 aliphatic rings. The van der Waals surface area contributed by atoms with E-state index >= 15 is 0 Å². The summed E-state index contributed by atoms with van der Waals surface area (Å²) >= 11 is 4.10. The molecule has 0 saturated heterocycles. The molecular weight excluding hydrogens is 430 g/mol. The smallest absolute Gasteiger partial charge is 0.252 e. The molecule has 0 unspecified atom stereocenters. The van der Waals surface area contributed by atoms with Crippen molar-refractivity contribution >= 4 is 42.2 Å². The van der Waals surface area contributed by atoms with E-state index in [2.05, 4.69) is 28.8 Å². The van der Waals surface area contributed by atoms with Crippen LogP contribution in [0, 0.1) is 0 Å². The number of nitrogens with two attached hydrogens (primary N) is 1. The van der Waals surface area contributed by atoms with Crippen molar-refractivity contribution < 1.29 is 19.1 Å². The first-order valence-electron chi connectivity index (χ1n) is 10.1. The Labute approximate surface area is 193 Å². The van der Waals surface area contributed by atoms with Crippen LogP contribution in [0.1, 0.15) is 37.7 Å². The molecule has 10 heteroatoms. The molecule has 0 radical (unpaired) electrons. The largest absolute Gasteiger partial charge is 0.493 e. The zero-order valence-corrected chi connectivity index (χ0v) is 19.1. The minimum Gasteiger partial charge on any atom is -0.493 e. The standard InChI is InChI=1S/C22H29N5O4S/c1-30-19-13-12-16(14-20(19)31-2)15-24-26-27(32)22(29)11-5-3-4-10-21(28)25-18-9-7-6-8-17(18)23/h6-9,12-15,26,32H,3-5,10-11,23H2,1-2H3,(H,25,28)/b24-15+. The van der Waals surface area contributed by atoms with Crippen LogP contribution in [0.5, 0.6) is 11.5 Å². The van der Waals surface area contributed by atoms with Gasteiger partial charge in [0, 0.05) is 12.8 Å². The van der Waals surface area contributed by atoms with Crippen LogP contribution < -0.4 is 26.1 Å². The van der Waals surface area contributed by atoms with E-state index in [0.717, 1.165) is 16.4 Å². The number of nitrogens with zero attached hydrogens (tertiary/aromatic N) is 2. The molecule has 0 atom stereocenters. The number of methoxy groups -OCH3 is 2. The molecular formula is C22H29N5O4S. The van der Waals surface area contributed by atoms with E-state index in [1.807, 2.05) is 12.1 Å². The van der Waals surface area contributed by atoms with E-state index < -0.39 is 0 Å². The molecule has 0 aliphatic carbocycles. The van der Waals surface area contributed by atoms with Gasteiger partial charge in [-0.3, -0.25) is 9.59 Å². The van der Waals surface area contributed by atoms with Crippen LogP contribution in [0.4, 0.5) is 11.4 Å². The molecule has 9 nitrogen and oxygen atoms in total. The summed E-state index contributed by atoms with van der Waals surface area (Å²) in [4.78, 5) is 24.1. The Hall–Kier alpha value is -3.40. The van der Waals surface area contributed by atoms with Gasteiger partial charge < -0.3 is 20.5 Å². The van der Waals surface area contributed by atoms with Gasteiger partial charge >= 0.3 is 0 Å². The van der Waals surface area contributed by atoms with Crippen LogP contribution in [0.25, 0.3) is 0 Å². The van der Waals surface area contributed by atoms with E-state index in [4.69, 9.17) is 15.2 Å². The second kappa shape index (κ2) is 13.1. The summed E-state index contributed by atoms with van der Waals surface area (Å²) in [6, 6.07) is 12.4. The summed E-state index contributed by atoms with van der Waals surface area (Å²) < 4.78 is 11.5. The number of unbranched alkanes of at least 4 members (excludes halogenated alkanes) is 2. The first kappa shape index (κ1) is 24.9. The molecule has 4 N–H and O–H groups in total. The van der Waals surface area contributed by atoms with Gasteiger partial charge in [0.15, 0.2) is 11.5 Å². The van der Waals surface area contributed by atoms with Gasteiger partial charge in [-0.2, -0.15) is 9.52 Å². The molecule has 0 fully saturated rings. The predicted molar refractivity (Wildman–Crippen MR) is 129 cm³/mol. The number of ether oxygens (including phenoxy) is 2. The molecule has 2 rings (SSSR count). The summed E-state index contributed by atoms with van der Waals surface area (Å²) in [6.07, 6.45) is 4.23. The minimum atomic E-state index is -0.223. The van der Waals surface area contributed by atoms with Crippen LogP contribution in [-0.4, -0.2) is 36.7 Å². The first-order chi connectivity index (χ1) is 15.4. The number of thiol groups is 1. The molecule has 0 bridgehead atoms. The first-order valence-corrected chi connectivity index (χ1v) is 10.5. The van der Waals surface area contributed by atoms with E-state index in [-0.39, 0.29) is 18.2 Å². The maximum atomic E-state index is 12.1. The summed E-state index contributed by atoms with van der Waals surface area (Å²) in [7, 11) is 3.12. The maximum absolute atomic E-state index is 12.1. The highest BCUT2D eigenvalue weighted by Crippen LogP contribution is 2.26. The monoisotopic (exact) mass is 459 g/mol. The summed E-state index contributed by atoms with van der Waals surface area (Å²) in [5, 5.41) is 6.79. The number of hydrogen-bond donors (Lipinski definition) is 4. The number of hydrazone groups is 1. The third-order valence-corrected chi connectivity index (χ3v) is 4.85. The zero-order valence-electron chi connectivity index (χ0n) is 18.2. The van der Waals surface area contributed by atoms with Crippen LogP contribution in [0.15, 0.2) is 47.6 Å². The number of para-hydroxylation sites is 2. The van der Waals surface area contributed by atoms with E-state index in [1.165, 1.54) is 6.21 Å². The Morgan fingerprint density at radius 2 is 1.78 bits per heavy atom. The fraction of sp³-hybridized carbons (Fsp3) is 0.318. The van der Waals surface area contributed by atoms with Crippen LogP contribution in [0.3, 0.4) is 0 Å². The number of hydrogen-bond acceptors (Lipinski definition) is 8. The lowest BCUT2D eigenvalue weighted by atomic mass is 10.1. The highest BCUT2D eigenvalue weighted by molar-refractivity contribution is 7.78. The number of carbonyl (C=O) groups excluding carboxylic acids is 2. The molecule has 32 heavy (non-hydrogen) atoms. The highest BCUT2D eigenvalue weighted by atomic mass is 32.1. The highest BCUT2D eigenvalue weighted by Gasteiger charge is 2.09. The molecule has 0 aliphatic heterocycles. The molecule has 0 spiro atoms. The van der Waals surface area contributed by atoms with Gasteiger partial charge in [0.25, 0.3) is 5.91 Å². The number of anilines is 2. The molecule has 0 aromatic heterocycles. The lowest BCUT2D eigenvalue weighted by molar-refractivity contribution is -0.128. The SMILES string of the molecule is COc1ccc(/C=N/NN(S)C(=O)CCCCCC(=O)Nc2ccccc2N)cc1OC. The second-order valence-corrected chi connectivity index (χ2v) is 7.27. The Bertz CT molecular complexity index is 938. The number of hydrazine groups is 1. The lowest BCUT2D eigenvalue weighted by Gasteiger charge is -2.14. The average Bonchev–Trinajstić information content (AvgIpc) is 2.80. The minimum absolute atomic E-state index is 0.101. The number of rotatable bonds is 12. The molecule has 0 heterocycles. The van der Waals surface area contributed by atoms with Crippen molar-refractivity contribution in [2.24, 2.45) is 5.10 Å². The Morgan fingerprint density at radius 1 is 1.06 bits per heavy atom. The lowest BCUT2D eigenvalue weighted by Crippen LogP contribution is -2.31. The number of nitrogens with one attached hydrogen (secondary N) is 2. The van der Waals surface area contributed by atoms with Crippen molar-refractivity contribution in [1.29, 1.82) is 0 Å². The van der Waals surface area contributed by atoms with Crippen molar-refractivity contribution in [3.05, 3.63) is 48.0 Å². The molecule has 2 aromatic rings. The second-order valence-electron chi connectivity index (χ2n) is 6.87. The number of benzene rings is 2.